The van der Waals surface area contributed by atoms with Gasteiger partial charge in [0.15, 0.2) is 0 Å². The molecule has 2 aromatic heterocycles. The van der Waals surface area contributed by atoms with Crippen LogP contribution < -0.4 is 4.90 Å². The quantitative estimate of drug-likeness (QED) is 0.508. The molecule has 0 N–H and O–H groups in total. The van der Waals surface area contributed by atoms with Gasteiger partial charge >= 0.3 is 6.18 Å². The summed E-state index contributed by atoms with van der Waals surface area (Å²) in [5.41, 5.74) is -0.0507. The van der Waals surface area contributed by atoms with Crippen LogP contribution in [-0.4, -0.2) is 64.3 Å². The van der Waals surface area contributed by atoms with Gasteiger partial charge in [-0.05, 0) is 30.3 Å². The molecule has 3 heterocycles. The van der Waals surface area contributed by atoms with Crippen LogP contribution in [0.5, 0.6) is 0 Å². The molecule has 0 spiro atoms. The van der Waals surface area contributed by atoms with E-state index in [1.807, 2.05) is 4.90 Å². The minimum Gasteiger partial charge on any atom is -0.467 e. The van der Waals surface area contributed by atoms with Crippen molar-refractivity contribution in [1.29, 1.82) is 0 Å². The van der Waals surface area contributed by atoms with Crippen LogP contribution in [0, 0.1) is 0 Å². The average Bonchev–Trinajstić information content (AvgIpc) is 3.39. The molecule has 0 bridgehead atoms. The van der Waals surface area contributed by atoms with Crippen molar-refractivity contribution in [3.8, 4) is 0 Å². The number of anilines is 1. The Bertz CT molecular complexity index is 1130. The molecule has 0 atom stereocenters. The van der Waals surface area contributed by atoms with Crippen molar-refractivity contribution < 1.29 is 27.2 Å². The fourth-order valence-electron chi connectivity index (χ4n) is 3.90. The molecule has 1 aromatic carbocycles. The second-order valence-corrected chi connectivity index (χ2v) is 8.06. The maximum atomic E-state index is 13.0. The Balaban J connectivity index is 1.34. The molecule has 0 unspecified atom stereocenters. The lowest BCUT2D eigenvalue weighted by molar-refractivity contribution is -0.137. The van der Waals surface area contributed by atoms with Gasteiger partial charge in [-0.25, -0.2) is 4.98 Å². The van der Waals surface area contributed by atoms with Crippen LogP contribution in [0.4, 0.5) is 18.9 Å². The lowest BCUT2D eigenvalue weighted by Gasteiger charge is -2.36. The Labute approximate surface area is 200 Å². The molecular formula is C24H24F3N5O3. The Morgan fingerprint density at radius 3 is 2.51 bits per heavy atom. The number of piperazine rings is 1. The Morgan fingerprint density at radius 1 is 1.06 bits per heavy atom. The first-order valence-corrected chi connectivity index (χ1v) is 11.1. The number of alkyl halides is 3. The number of benzene rings is 1. The SMILES string of the molecule is O=C(CCN(Cc1ccco1)C(=O)c1cnccn1)N1CCN(c2cccc(C(F)(F)F)c2)CC1. The molecule has 1 fully saturated rings. The second-order valence-electron chi connectivity index (χ2n) is 8.06. The zero-order valence-corrected chi connectivity index (χ0v) is 18.8. The van der Waals surface area contributed by atoms with Crippen molar-refractivity contribution in [2.45, 2.75) is 19.1 Å². The summed E-state index contributed by atoms with van der Waals surface area (Å²) in [5, 5.41) is 0. The fraction of sp³-hybridized carbons (Fsp3) is 0.333. The summed E-state index contributed by atoms with van der Waals surface area (Å²) < 4.78 is 44.4. The van der Waals surface area contributed by atoms with Gasteiger partial charge in [-0.1, -0.05) is 6.07 Å². The molecule has 1 aliphatic heterocycles. The van der Waals surface area contributed by atoms with Gasteiger partial charge in [0.05, 0.1) is 24.6 Å². The molecule has 0 aliphatic carbocycles. The summed E-state index contributed by atoms with van der Waals surface area (Å²) in [4.78, 5) is 38.8. The third kappa shape index (κ3) is 6.17. The lowest BCUT2D eigenvalue weighted by atomic mass is 10.1. The third-order valence-corrected chi connectivity index (χ3v) is 5.76. The maximum absolute atomic E-state index is 13.0. The van der Waals surface area contributed by atoms with Gasteiger partial charge in [0.2, 0.25) is 5.91 Å². The van der Waals surface area contributed by atoms with Crippen LogP contribution in [0.25, 0.3) is 0 Å². The molecule has 0 radical (unpaired) electrons. The summed E-state index contributed by atoms with van der Waals surface area (Å²) in [5.74, 6) is 0.0751. The lowest BCUT2D eigenvalue weighted by Crippen LogP contribution is -2.49. The van der Waals surface area contributed by atoms with Gasteiger partial charge in [0.25, 0.3) is 5.91 Å². The van der Waals surface area contributed by atoms with Gasteiger partial charge in [0.1, 0.15) is 11.5 Å². The van der Waals surface area contributed by atoms with Crippen molar-refractivity contribution in [2.75, 3.05) is 37.6 Å². The van der Waals surface area contributed by atoms with E-state index >= 15 is 0 Å². The van der Waals surface area contributed by atoms with Gasteiger partial charge in [-0.15, -0.1) is 0 Å². The minimum atomic E-state index is -4.40. The number of amides is 2. The molecule has 3 aromatic rings. The number of halogens is 3. The maximum Gasteiger partial charge on any atom is 0.416 e. The highest BCUT2D eigenvalue weighted by atomic mass is 19.4. The van der Waals surface area contributed by atoms with Crippen LogP contribution in [0.2, 0.25) is 0 Å². The molecule has 35 heavy (non-hydrogen) atoms. The highest BCUT2D eigenvalue weighted by molar-refractivity contribution is 5.92. The van der Waals surface area contributed by atoms with E-state index in [9.17, 15) is 22.8 Å². The summed E-state index contributed by atoms with van der Waals surface area (Å²) in [6.45, 7) is 1.93. The van der Waals surface area contributed by atoms with Gasteiger partial charge < -0.3 is 19.1 Å². The number of hydrogen-bond donors (Lipinski definition) is 0. The number of rotatable bonds is 7. The average molecular weight is 487 g/mol. The summed E-state index contributed by atoms with van der Waals surface area (Å²) >= 11 is 0. The van der Waals surface area contributed by atoms with E-state index in [1.165, 1.54) is 35.8 Å². The largest absolute Gasteiger partial charge is 0.467 e. The monoisotopic (exact) mass is 487 g/mol. The number of carbonyl (C=O) groups is 2. The van der Waals surface area contributed by atoms with E-state index in [2.05, 4.69) is 9.97 Å². The Morgan fingerprint density at radius 2 is 1.86 bits per heavy atom. The van der Waals surface area contributed by atoms with Crippen LogP contribution in [0.1, 0.15) is 28.2 Å². The molecule has 0 saturated carbocycles. The highest BCUT2D eigenvalue weighted by Crippen LogP contribution is 2.31. The van der Waals surface area contributed by atoms with Crippen LogP contribution in [0.15, 0.2) is 65.7 Å². The topological polar surface area (TPSA) is 82.8 Å². The predicted molar refractivity (Wildman–Crippen MR) is 120 cm³/mol. The van der Waals surface area contributed by atoms with Crippen molar-refractivity contribution >= 4 is 17.5 Å². The highest BCUT2D eigenvalue weighted by Gasteiger charge is 2.31. The fourth-order valence-corrected chi connectivity index (χ4v) is 3.90. The molecule has 1 saturated heterocycles. The van der Waals surface area contributed by atoms with Crippen LogP contribution in [-0.2, 0) is 17.5 Å². The van der Waals surface area contributed by atoms with Crippen molar-refractivity contribution in [2.24, 2.45) is 0 Å². The smallest absolute Gasteiger partial charge is 0.416 e. The Hall–Kier alpha value is -3.89. The van der Waals surface area contributed by atoms with E-state index in [4.69, 9.17) is 4.42 Å². The van der Waals surface area contributed by atoms with E-state index < -0.39 is 11.7 Å². The van der Waals surface area contributed by atoms with Gasteiger partial charge in [-0.3, -0.25) is 14.6 Å². The molecule has 2 amide bonds. The number of nitrogens with zero attached hydrogens (tertiary/aromatic N) is 5. The number of carbonyl (C=O) groups excluding carboxylic acids is 2. The number of aromatic nitrogens is 2. The van der Waals surface area contributed by atoms with E-state index in [-0.39, 0.29) is 37.0 Å². The van der Waals surface area contributed by atoms with Gasteiger partial charge in [-0.2, -0.15) is 13.2 Å². The molecule has 1 aliphatic rings. The predicted octanol–water partition coefficient (Wildman–Crippen LogP) is 3.47. The molecule has 184 valence electrons. The standard InChI is InChI=1S/C24H24F3N5O3/c25-24(26,27)18-3-1-4-19(15-18)30-10-12-31(13-11-30)22(33)6-9-32(17-20-5-2-14-35-20)23(34)21-16-28-7-8-29-21/h1-5,7-8,14-16H,6,9-13,17H2. The first-order chi connectivity index (χ1) is 16.8. The Kier molecular flexibility index (Phi) is 7.33. The number of furan rings is 1. The van der Waals surface area contributed by atoms with Crippen LogP contribution >= 0.6 is 0 Å². The first kappa shape index (κ1) is 24.2. The molecule has 8 nitrogen and oxygen atoms in total. The third-order valence-electron chi connectivity index (χ3n) is 5.76. The summed E-state index contributed by atoms with van der Waals surface area (Å²) in [7, 11) is 0. The van der Waals surface area contributed by atoms with E-state index in [1.54, 1.807) is 23.1 Å². The van der Waals surface area contributed by atoms with E-state index in [0.29, 0.717) is 37.6 Å². The zero-order valence-electron chi connectivity index (χ0n) is 18.8. The normalized spacial score (nSPS) is 14.1. The zero-order chi connectivity index (χ0) is 24.8. The minimum absolute atomic E-state index is 0.0935. The first-order valence-electron chi connectivity index (χ1n) is 11.1. The molecule has 4 rings (SSSR count). The summed E-state index contributed by atoms with van der Waals surface area (Å²) in [6, 6.07) is 8.65. The van der Waals surface area contributed by atoms with E-state index in [0.717, 1.165) is 12.1 Å². The van der Waals surface area contributed by atoms with Crippen molar-refractivity contribution in [3.05, 3.63) is 78.3 Å². The second kappa shape index (κ2) is 10.6. The molecular weight excluding hydrogens is 463 g/mol. The van der Waals surface area contributed by atoms with Gasteiger partial charge in [0, 0.05) is 57.2 Å². The van der Waals surface area contributed by atoms with Crippen molar-refractivity contribution in [3.63, 3.8) is 0 Å². The van der Waals surface area contributed by atoms with Crippen molar-refractivity contribution in [1.82, 2.24) is 19.8 Å². The van der Waals surface area contributed by atoms with Crippen LogP contribution in [0.3, 0.4) is 0 Å². The summed E-state index contributed by atoms with van der Waals surface area (Å²) in [6.07, 6.45) is 1.46. The molecule has 11 heteroatoms. The number of hydrogen-bond acceptors (Lipinski definition) is 6.